The standard InChI is InChI=1S/C8H6BrClO2/c1-12-8(11)6-3-2-5(10)4-7(6)9/h2-4H,1H3/i4D. The van der Waals surface area contributed by atoms with Gasteiger partial charge in [0.1, 0.15) is 0 Å². The van der Waals surface area contributed by atoms with E-state index < -0.39 is 5.97 Å². The van der Waals surface area contributed by atoms with Crippen LogP contribution in [-0.4, -0.2) is 13.1 Å². The molecule has 0 aliphatic carbocycles. The minimum absolute atomic E-state index is 0.0876. The monoisotopic (exact) mass is 249 g/mol. The maximum Gasteiger partial charge on any atom is 0.339 e. The van der Waals surface area contributed by atoms with E-state index in [4.69, 9.17) is 13.0 Å². The predicted octanol–water partition coefficient (Wildman–Crippen LogP) is 2.89. The van der Waals surface area contributed by atoms with E-state index >= 15 is 0 Å². The molecule has 64 valence electrons. The van der Waals surface area contributed by atoms with Gasteiger partial charge in [0.25, 0.3) is 0 Å². The van der Waals surface area contributed by atoms with Crippen molar-refractivity contribution in [2.75, 3.05) is 7.11 Å². The van der Waals surface area contributed by atoms with Crippen molar-refractivity contribution in [1.29, 1.82) is 0 Å². The second-order valence-corrected chi connectivity index (χ2v) is 3.23. The Hall–Kier alpha value is -0.540. The van der Waals surface area contributed by atoms with Crippen molar-refractivity contribution in [2.45, 2.75) is 0 Å². The maximum absolute atomic E-state index is 11.1. The first kappa shape index (κ1) is 8.08. The van der Waals surface area contributed by atoms with Gasteiger partial charge in [-0.15, -0.1) is 0 Å². The van der Waals surface area contributed by atoms with E-state index in [9.17, 15) is 4.79 Å². The van der Waals surface area contributed by atoms with Gasteiger partial charge in [0, 0.05) is 9.50 Å². The second-order valence-electron chi connectivity index (χ2n) is 2.03. The van der Waals surface area contributed by atoms with E-state index in [1.54, 1.807) is 0 Å². The number of hydrogen-bond donors (Lipinski definition) is 0. The summed E-state index contributed by atoms with van der Waals surface area (Å²) >= 11 is 8.76. The molecule has 2 nitrogen and oxygen atoms in total. The number of carbonyl (C=O) groups excluding carboxylic acids is 1. The van der Waals surface area contributed by atoms with Crippen LogP contribution in [0.5, 0.6) is 0 Å². The van der Waals surface area contributed by atoms with Crippen LogP contribution in [-0.2, 0) is 4.74 Å². The average Bonchev–Trinajstić information content (AvgIpc) is 2.13. The van der Waals surface area contributed by atoms with Crippen molar-refractivity contribution < 1.29 is 10.9 Å². The minimum atomic E-state index is -0.489. The van der Waals surface area contributed by atoms with Gasteiger partial charge in [-0.2, -0.15) is 0 Å². The molecule has 0 saturated carbocycles. The van der Waals surface area contributed by atoms with E-state index in [1.807, 2.05) is 0 Å². The molecule has 0 heterocycles. The summed E-state index contributed by atoms with van der Waals surface area (Å²) in [5.41, 5.74) is 0.303. The Balaban J connectivity index is 3.26. The second kappa shape index (κ2) is 3.92. The quantitative estimate of drug-likeness (QED) is 0.717. The van der Waals surface area contributed by atoms with Crippen LogP contribution in [0, 0.1) is 0 Å². The molecule has 0 aliphatic heterocycles. The first-order valence-corrected chi connectivity index (χ1v) is 4.28. The third-order valence-electron chi connectivity index (χ3n) is 1.27. The zero-order valence-corrected chi connectivity index (χ0v) is 8.57. The number of carbonyl (C=O) groups is 1. The van der Waals surface area contributed by atoms with Crippen molar-refractivity contribution in [3.63, 3.8) is 0 Å². The Bertz CT molecular complexity index is 354. The smallest absolute Gasteiger partial charge is 0.339 e. The maximum atomic E-state index is 11.1. The Kier molecular flexibility index (Phi) is 2.64. The van der Waals surface area contributed by atoms with Gasteiger partial charge in [0.2, 0.25) is 0 Å². The largest absolute Gasteiger partial charge is 0.465 e. The molecule has 0 saturated heterocycles. The van der Waals surface area contributed by atoms with E-state index in [1.165, 1.54) is 19.2 Å². The van der Waals surface area contributed by atoms with Gasteiger partial charge in [-0.05, 0) is 34.1 Å². The summed E-state index contributed by atoms with van der Waals surface area (Å²) in [7, 11) is 1.28. The Morgan fingerprint density at radius 2 is 2.42 bits per heavy atom. The molecule has 0 spiro atoms. The Morgan fingerprint density at radius 3 is 3.00 bits per heavy atom. The van der Waals surface area contributed by atoms with Crippen LogP contribution in [0.2, 0.25) is 5.02 Å². The van der Waals surface area contributed by atoms with Crippen molar-refractivity contribution >= 4 is 33.5 Å². The number of halogens is 2. The molecule has 4 heteroatoms. The zero-order valence-electron chi connectivity index (χ0n) is 7.23. The molecule has 0 amide bonds. The topological polar surface area (TPSA) is 26.3 Å². The summed E-state index contributed by atoms with van der Waals surface area (Å²) in [6.07, 6.45) is 0. The lowest BCUT2D eigenvalue weighted by atomic mass is 10.2. The summed E-state index contributed by atoms with van der Waals surface area (Å²) in [4.78, 5) is 11.1. The average molecular weight is 250 g/mol. The molecule has 0 fully saturated rings. The van der Waals surface area contributed by atoms with E-state index in [0.29, 0.717) is 15.1 Å². The van der Waals surface area contributed by atoms with Crippen LogP contribution in [0.3, 0.4) is 0 Å². The Morgan fingerprint density at radius 1 is 1.75 bits per heavy atom. The fourth-order valence-corrected chi connectivity index (χ4v) is 1.49. The van der Waals surface area contributed by atoms with Gasteiger partial charge in [-0.1, -0.05) is 11.6 Å². The first-order valence-electron chi connectivity index (χ1n) is 3.61. The molecule has 0 aliphatic rings. The molecular weight excluding hydrogens is 243 g/mol. The van der Waals surface area contributed by atoms with Crippen LogP contribution in [0.15, 0.2) is 22.6 Å². The van der Waals surface area contributed by atoms with Crippen molar-refractivity contribution in [2.24, 2.45) is 0 Å². The van der Waals surface area contributed by atoms with E-state index in [2.05, 4.69) is 20.7 Å². The number of esters is 1. The van der Waals surface area contributed by atoms with E-state index in [-0.39, 0.29) is 6.04 Å². The molecule has 0 radical (unpaired) electrons. The highest BCUT2D eigenvalue weighted by molar-refractivity contribution is 9.10. The highest BCUT2D eigenvalue weighted by Gasteiger charge is 2.09. The molecule has 0 bridgehead atoms. The van der Waals surface area contributed by atoms with Gasteiger partial charge < -0.3 is 4.74 Å². The van der Waals surface area contributed by atoms with Crippen LogP contribution < -0.4 is 0 Å². The van der Waals surface area contributed by atoms with Crippen molar-refractivity contribution in [1.82, 2.24) is 0 Å². The first-order chi connectivity index (χ1) is 6.07. The lowest BCUT2D eigenvalue weighted by Crippen LogP contribution is -2.01. The van der Waals surface area contributed by atoms with Gasteiger partial charge in [0.05, 0.1) is 14.0 Å². The van der Waals surface area contributed by atoms with Crippen molar-refractivity contribution in [3.8, 4) is 0 Å². The molecule has 0 aromatic heterocycles. The van der Waals surface area contributed by atoms with Gasteiger partial charge in [-0.3, -0.25) is 0 Å². The van der Waals surface area contributed by atoms with Crippen molar-refractivity contribution in [3.05, 3.63) is 33.2 Å². The molecule has 0 N–H and O–H groups in total. The number of rotatable bonds is 1. The van der Waals surface area contributed by atoms with Gasteiger partial charge >= 0.3 is 5.97 Å². The third-order valence-corrected chi connectivity index (χ3v) is 2.11. The predicted molar refractivity (Wildman–Crippen MR) is 50.5 cm³/mol. The number of methoxy groups -OCH3 is 1. The summed E-state index contributed by atoms with van der Waals surface area (Å²) < 4.78 is 12.3. The minimum Gasteiger partial charge on any atom is -0.465 e. The highest BCUT2D eigenvalue weighted by atomic mass is 79.9. The summed E-state index contributed by atoms with van der Waals surface area (Å²) in [6.45, 7) is 0. The molecule has 12 heavy (non-hydrogen) atoms. The summed E-state index contributed by atoms with van der Waals surface area (Å²) in [5, 5.41) is 0.291. The molecule has 1 aromatic carbocycles. The Labute approximate surface area is 85.0 Å². The fourth-order valence-electron chi connectivity index (χ4n) is 0.711. The van der Waals surface area contributed by atoms with E-state index in [0.717, 1.165) is 0 Å². The van der Waals surface area contributed by atoms with Crippen LogP contribution >= 0.6 is 27.5 Å². The molecule has 0 atom stereocenters. The summed E-state index contributed by atoms with van der Waals surface area (Å²) in [5.74, 6) is -0.489. The number of ether oxygens (including phenoxy) is 1. The zero-order chi connectivity index (χ0) is 10.0. The normalized spacial score (nSPS) is 10.8. The fraction of sp³-hybridized carbons (Fsp3) is 0.125. The third kappa shape index (κ3) is 1.99. The SMILES string of the molecule is [2H]c1c(Cl)ccc(C(=O)OC)c1Br. The number of benzene rings is 1. The molecule has 1 aromatic rings. The van der Waals surface area contributed by atoms with Crippen LogP contribution in [0.25, 0.3) is 0 Å². The van der Waals surface area contributed by atoms with Gasteiger partial charge in [0.15, 0.2) is 0 Å². The van der Waals surface area contributed by atoms with Gasteiger partial charge in [-0.25, -0.2) is 4.79 Å². The molecular formula is C8H6BrClO2. The van der Waals surface area contributed by atoms with Crippen LogP contribution in [0.4, 0.5) is 0 Å². The molecule has 0 unspecified atom stereocenters. The van der Waals surface area contributed by atoms with Crippen LogP contribution in [0.1, 0.15) is 11.7 Å². The molecule has 1 rings (SSSR count). The lowest BCUT2D eigenvalue weighted by molar-refractivity contribution is 0.0599. The summed E-state index contributed by atoms with van der Waals surface area (Å²) in [6, 6.07) is 3.08. The lowest BCUT2D eigenvalue weighted by Gasteiger charge is -2.01. The number of hydrogen-bond acceptors (Lipinski definition) is 2. The highest BCUT2D eigenvalue weighted by Crippen LogP contribution is 2.21.